The van der Waals surface area contributed by atoms with Gasteiger partial charge in [-0.3, -0.25) is 9.80 Å². The smallest absolute Gasteiger partial charge is 0.164 e. The number of nitrogens with zero attached hydrogens (tertiary/aromatic N) is 2. The summed E-state index contributed by atoms with van der Waals surface area (Å²) < 4.78 is 0. The van der Waals surface area contributed by atoms with E-state index >= 15 is 0 Å². The van der Waals surface area contributed by atoms with Gasteiger partial charge in [0.2, 0.25) is 0 Å². The molecule has 0 fully saturated rings. The Morgan fingerprint density at radius 1 is 1.54 bits per heavy atom. The van der Waals surface area contributed by atoms with E-state index in [0.29, 0.717) is 0 Å². The van der Waals surface area contributed by atoms with E-state index in [2.05, 4.69) is 25.9 Å². The van der Waals surface area contributed by atoms with Crippen LogP contribution in [0.4, 0.5) is 0 Å². The van der Waals surface area contributed by atoms with Crippen LogP contribution < -0.4 is 0 Å². The fraction of sp³-hybridized carbons (Fsp3) is 0.778. The predicted molar refractivity (Wildman–Crippen MR) is 56.7 cm³/mol. The lowest BCUT2D eigenvalue weighted by Gasteiger charge is -2.16. The fourth-order valence-electron chi connectivity index (χ4n) is 1.07. The van der Waals surface area contributed by atoms with Gasteiger partial charge < -0.3 is 0 Å². The third-order valence-corrected chi connectivity index (χ3v) is 3.58. The molecule has 0 bridgehead atoms. The van der Waals surface area contributed by atoms with Gasteiger partial charge in [-0.15, -0.1) is 0 Å². The molecule has 0 N–H and O–H groups in total. The summed E-state index contributed by atoms with van der Waals surface area (Å²) in [5.74, 6) is 0.163. The summed E-state index contributed by atoms with van der Waals surface area (Å²) in [6.07, 6.45) is 0. The Kier molecular flexibility index (Phi) is 2.71. The highest BCUT2D eigenvalue weighted by molar-refractivity contribution is 8.15. The molecule has 1 atom stereocenters. The highest BCUT2D eigenvalue weighted by Crippen LogP contribution is 2.34. The Balaban J connectivity index is 2.77. The average molecular weight is 200 g/mol. The van der Waals surface area contributed by atoms with Crippen molar-refractivity contribution in [2.75, 3.05) is 7.05 Å². The van der Waals surface area contributed by atoms with E-state index in [0.717, 1.165) is 5.04 Å². The molecule has 1 aliphatic heterocycles. The van der Waals surface area contributed by atoms with Crippen molar-refractivity contribution in [2.24, 2.45) is 10.5 Å². The van der Waals surface area contributed by atoms with Gasteiger partial charge in [-0.1, -0.05) is 32.5 Å². The molecule has 4 heteroatoms. The summed E-state index contributed by atoms with van der Waals surface area (Å²) in [6.45, 7) is 7.93. The third kappa shape index (κ3) is 2.24. The summed E-state index contributed by atoms with van der Waals surface area (Å²) in [6, 6.07) is 0. The number of likely N-dealkylation sites (N-methyl/N-ethyl adjacent to an activating group) is 1. The number of hydrazone groups is 1. The van der Waals surface area contributed by atoms with Gasteiger partial charge in [0.05, 0.1) is 0 Å². The molecule has 0 saturated heterocycles. The van der Waals surface area contributed by atoms with Crippen LogP contribution in [0.25, 0.3) is 0 Å². The van der Waals surface area contributed by atoms with Crippen LogP contribution in [0, 0.1) is 5.41 Å². The van der Waals surface area contributed by atoms with E-state index in [1.807, 2.05) is 7.05 Å². The molecular weight excluding hydrogens is 184 g/mol. The second kappa shape index (κ2) is 3.33. The summed E-state index contributed by atoms with van der Waals surface area (Å²) in [5.41, 5.74) is 0.0448. The Morgan fingerprint density at radius 3 is 2.31 bits per heavy atom. The normalized spacial score (nSPS) is 23.3. The highest BCUT2D eigenvalue weighted by Gasteiger charge is 2.33. The molecule has 0 amide bonds. The molecule has 1 rings (SSSR count). The first-order chi connectivity index (χ1) is 5.82. The lowest BCUT2D eigenvalue weighted by atomic mass is 9.99. The predicted octanol–water partition coefficient (Wildman–Crippen LogP) is 1.94. The molecule has 1 heterocycles. The summed E-state index contributed by atoms with van der Waals surface area (Å²) >= 11 is 1.56. The van der Waals surface area contributed by atoms with Crippen molar-refractivity contribution in [3.05, 3.63) is 0 Å². The van der Waals surface area contributed by atoms with Crippen molar-refractivity contribution in [2.45, 2.75) is 33.1 Å². The topological polar surface area (TPSA) is 32.7 Å². The van der Waals surface area contributed by atoms with Gasteiger partial charge in [-0.25, -0.2) is 0 Å². The molecule has 0 saturated carbocycles. The van der Waals surface area contributed by atoms with E-state index in [-0.39, 0.29) is 16.6 Å². The maximum absolute atomic E-state index is 11.2. The number of hydrogen-bond donors (Lipinski definition) is 0. The zero-order valence-corrected chi connectivity index (χ0v) is 9.60. The number of carbonyl (C=O) groups excluding carboxylic acids is 1. The molecule has 1 unspecified atom stereocenters. The second-order valence-electron chi connectivity index (χ2n) is 4.31. The molecule has 0 spiro atoms. The number of carbonyl (C=O) groups is 1. The Hall–Kier alpha value is -0.510. The van der Waals surface area contributed by atoms with Crippen molar-refractivity contribution in [3.63, 3.8) is 0 Å². The maximum Gasteiger partial charge on any atom is 0.164 e. The van der Waals surface area contributed by atoms with Crippen LogP contribution in [0.5, 0.6) is 0 Å². The van der Waals surface area contributed by atoms with Gasteiger partial charge >= 0.3 is 0 Å². The minimum atomic E-state index is -0.116. The van der Waals surface area contributed by atoms with Gasteiger partial charge in [-0.05, 0) is 6.92 Å². The van der Waals surface area contributed by atoms with E-state index in [4.69, 9.17) is 0 Å². The lowest BCUT2D eigenvalue weighted by molar-refractivity contribution is -0.118. The summed E-state index contributed by atoms with van der Waals surface area (Å²) in [5, 5.41) is 7.02. The summed E-state index contributed by atoms with van der Waals surface area (Å²) in [4.78, 5) is 11.2. The molecule has 0 radical (unpaired) electrons. The maximum atomic E-state index is 11.2. The number of thioether (sulfide) groups is 1. The first-order valence-electron chi connectivity index (χ1n) is 4.31. The first kappa shape index (κ1) is 10.6. The van der Waals surface area contributed by atoms with Gasteiger partial charge in [0.15, 0.2) is 11.2 Å². The quantitative estimate of drug-likeness (QED) is 0.648. The average Bonchev–Trinajstić information content (AvgIpc) is 2.29. The Labute approximate surface area is 83.6 Å². The van der Waals surface area contributed by atoms with Gasteiger partial charge in [0, 0.05) is 12.5 Å². The van der Waals surface area contributed by atoms with E-state index < -0.39 is 0 Å². The minimum Gasteiger partial charge on any atom is -0.297 e. The number of Topliss-reactive ketones (excluding diaryl/α,β-unsaturated/α-hetero) is 1. The molecule has 0 aromatic carbocycles. The molecule has 0 aromatic rings. The largest absolute Gasteiger partial charge is 0.297 e. The molecule has 3 nitrogen and oxygen atoms in total. The van der Waals surface area contributed by atoms with Gasteiger partial charge in [0.1, 0.15) is 5.04 Å². The molecule has 0 aromatic heterocycles. The highest BCUT2D eigenvalue weighted by atomic mass is 32.2. The van der Waals surface area contributed by atoms with E-state index in [1.165, 1.54) is 0 Å². The molecule has 13 heavy (non-hydrogen) atoms. The second-order valence-corrected chi connectivity index (χ2v) is 5.38. The van der Waals surface area contributed by atoms with Crippen LogP contribution in [0.15, 0.2) is 5.10 Å². The Morgan fingerprint density at radius 2 is 2.08 bits per heavy atom. The number of rotatable bonds is 1. The van der Waals surface area contributed by atoms with Crippen molar-refractivity contribution >= 4 is 22.6 Å². The van der Waals surface area contributed by atoms with Crippen molar-refractivity contribution < 1.29 is 4.79 Å². The summed E-state index contributed by atoms with van der Waals surface area (Å²) in [7, 11) is 1.85. The van der Waals surface area contributed by atoms with Crippen molar-refractivity contribution in [1.29, 1.82) is 0 Å². The van der Waals surface area contributed by atoms with Crippen LogP contribution in [0.3, 0.4) is 0 Å². The zero-order chi connectivity index (χ0) is 10.2. The first-order valence-corrected chi connectivity index (χ1v) is 5.19. The van der Waals surface area contributed by atoms with E-state index in [1.54, 1.807) is 23.7 Å². The molecular formula is C9H16N2OS. The van der Waals surface area contributed by atoms with Gasteiger partial charge in [-0.2, -0.15) is 5.10 Å². The van der Waals surface area contributed by atoms with Crippen LogP contribution >= 0.6 is 11.8 Å². The van der Waals surface area contributed by atoms with Crippen LogP contribution in [-0.2, 0) is 4.79 Å². The Bertz CT molecular complexity index is 255. The van der Waals surface area contributed by atoms with Gasteiger partial charge in [0.25, 0.3) is 0 Å². The fourth-order valence-corrected chi connectivity index (χ4v) is 2.18. The van der Waals surface area contributed by atoms with Crippen LogP contribution in [-0.4, -0.2) is 28.3 Å². The zero-order valence-electron chi connectivity index (χ0n) is 8.79. The molecule has 1 aliphatic rings. The number of ketones is 1. The monoisotopic (exact) mass is 200 g/mol. The van der Waals surface area contributed by atoms with E-state index in [9.17, 15) is 4.79 Å². The van der Waals surface area contributed by atoms with Crippen LogP contribution in [0.2, 0.25) is 0 Å². The number of hydrogen-bond acceptors (Lipinski definition) is 4. The lowest BCUT2D eigenvalue weighted by Crippen LogP contribution is -2.26. The van der Waals surface area contributed by atoms with Crippen molar-refractivity contribution in [1.82, 2.24) is 5.01 Å². The third-order valence-electron chi connectivity index (χ3n) is 1.80. The SMILES string of the molecule is CC(=O)C1SC(C(C)(C)C)=NN1C. The molecule has 74 valence electrons. The molecule has 0 aliphatic carbocycles. The van der Waals surface area contributed by atoms with Crippen LogP contribution in [0.1, 0.15) is 27.7 Å². The standard InChI is InChI=1S/C9H16N2OS/c1-6(12)7-11(5)10-8(13-7)9(2,3)4/h7H,1-5H3. The van der Waals surface area contributed by atoms with Crippen molar-refractivity contribution in [3.8, 4) is 0 Å². The minimum absolute atomic E-state index is 0.0448.